The number of nitrogens with one attached hydrogen (secondary N) is 2. The molecule has 15 heteroatoms. The molecule has 1 radical (unpaired) electrons. The van der Waals surface area contributed by atoms with Crippen molar-refractivity contribution in [2.24, 2.45) is 0 Å². The molecule has 0 spiro atoms. The third-order valence-electron chi connectivity index (χ3n) is 8.12. The fourth-order valence-corrected chi connectivity index (χ4v) is 5.31. The van der Waals surface area contributed by atoms with Crippen LogP contribution in [0, 0.1) is 52.3 Å². The van der Waals surface area contributed by atoms with E-state index in [1.807, 2.05) is 24.3 Å². The molecule has 0 saturated carbocycles. The van der Waals surface area contributed by atoms with Crippen molar-refractivity contribution in [2.75, 3.05) is 85.1 Å². The summed E-state index contributed by atoms with van der Waals surface area (Å²) in [5, 5.41) is 39.5. The molecule has 48 heavy (non-hydrogen) atoms. The predicted octanol–water partition coefficient (Wildman–Crippen LogP) is -4.14. The molecule has 0 aromatic heterocycles. The average molecular weight is 813 g/mol. The normalized spacial score (nSPS) is 16.2. The Morgan fingerprint density at radius 3 is 1.65 bits per heavy atom. The Bertz CT molecular complexity index is 1180. The SMILES string of the molecule is C#Cc1ccc(CCCCCCNC(=O)CNC(=O)C(C)N2CCN(CC(=O)[O-])CCN(CC(=O)[O-])CCN(CC(=O)[O-])CC2)cc1.[Gd+3]. The second-order valence-electron chi connectivity index (χ2n) is 11.7. The molecule has 1 aromatic carbocycles. The van der Waals surface area contributed by atoms with Crippen LogP contribution >= 0.6 is 0 Å². The molecule has 14 nitrogen and oxygen atoms in total. The van der Waals surface area contributed by atoms with E-state index in [1.165, 1.54) is 5.56 Å². The van der Waals surface area contributed by atoms with Crippen molar-refractivity contribution < 1.29 is 79.2 Å². The maximum atomic E-state index is 13.0. The van der Waals surface area contributed by atoms with Gasteiger partial charge in [-0.1, -0.05) is 30.9 Å². The minimum absolute atomic E-state index is 0. The fourth-order valence-electron chi connectivity index (χ4n) is 5.31. The van der Waals surface area contributed by atoms with Crippen molar-refractivity contribution in [2.45, 2.75) is 45.1 Å². The van der Waals surface area contributed by atoms with Crippen LogP contribution in [-0.4, -0.2) is 140 Å². The van der Waals surface area contributed by atoms with Gasteiger partial charge in [-0.2, -0.15) is 0 Å². The monoisotopic (exact) mass is 813 g/mol. The van der Waals surface area contributed by atoms with E-state index in [1.54, 1.807) is 26.5 Å². The molecule has 1 saturated heterocycles. The average Bonchev–Trinajstić information content (AvgIpc) is 3.02. The maximum absolute atomic E-state index is 13.0. The second kappa shape index (κ2) is 24.4. The summed E-state index contributed by atoms with van der Waals surface area (Å²) >= 11 is 0. The summed E-state index contributed by atoms with van der Waals surface area (Å²) in [5.74, 6) is -1.99. The number of carbonyl (C=O) groups excluding carboxylic acids is 5. The first-order valence-corrected chi connectivity index (χ1v) is 16.1. The van der Waals surface area contributed by atoms with Crippen molar-refractivity contribution in [3.8, 4) is 12.3 Å². The Labute approximate surface area is 315 Å². The van der Waals surface area contributed by atoms with Crippen molar-refractivity contribution in [1.82, 2.24) is 30.2 Å². The summed E-state index contributed by atoms with van der Waals surface area (Å²) in [6.07, 6.45) is 10.2. The zero-order chi connectivity index (χ0) is 34.6. The minimum atomic E-state index is -1.30. The van der Waals surface area contributed by atoms with Gasteiger partial charge in [0.05, 0.1) is 30.5 Å². The van der Waals surface area contributed by atoms with E-state index in [2.05, 4.69) is 16.6 Å². The number of amides is 2. The molecule has 1 unspecified atom stereocenters. The van der Waals surface area contributed by atoms with Crippen LogP contribution in [-0.2, 0) is 30.4 Å². The van der Waals surface area contributed by atoms with Gasteiger partial charge in [0.25, 0.3) is 0 Å². The molecule has 1 fully saturated rings. The van der Waals surface area contributed by atoms with E-state index in [-0.39, 0.29) is 124 Å². The number of aryl methyl sites for hydroxylation is 1. The first-order chi connectivity index (χ1) is 22.5. The quantitative estimate of drug-likeness (QED) is 0.114. The fraction of sp³-hybridized carbons (Fsp3) is 0.606. The third-order valence-corrected chi connectivity index (χ3v) is 8.12. The number of carboxylic acid groups (broad SMARTS) is 3. The molecule has 2 amide bonds. The number of benzene rings is 1. The molecule has 1 atom stereocenters. The largest absolute Gasteiger partial charge is 3.00 e. The summed E-state index contributed by atoms with van der Waals surface area (Å²) < 4.78 is 0. The number of rotatable bonds is 17. The Morgan fingerprint density at radius 1 is 0.729 bits per heavy atom. The zero-order valence-corrected chi connectivity index (χ0v) is 29.9. The van der Waals surface area contributed by atoms with Crippen molar-refractivity contribution in [3.05, 3.63) is 35.4 Å². The van der Waals surface area contributed by atoms with Crippen molar-refractivity contribution in [1.29, 1.82) is 0 Å². The Balaban J connectivity index is 0.0000115. The topological polar surface area (TPSA) is 192 Å². The molecular formula is C33H47GdN6O8. The molecular weight excluding hydrogens is 766 g/mol. The Hall–Kier alpha value is -2.71. The summed E-state index contributed by atoms with van der Waals surface area (Å²) in [6, 6.07) is 7.24. The van der Waals surface area contributed by atoms with Gasteiger partial charge in [0, 0.05) is 84.1 Å². The summed E-state index contributed by atoms with van der Waals surface area (Å²) in [6.45, 7) is 2.58. The first-order valence-electron chi connectivity index (χ1n) is 16.1. The van der Waals surface area contributed by atoms with Crippen LogP contribution in [0.5, 0.6) is 0 Å². The van der Waals surface area contributed by atoms with Crippen LogP contribution in [0.2, 0.25) is 0 Å². The molecule has 2 rings (SSSR count). The summed E-state index contributed by atoms with van der Waals surface area (Å²) in [7, 11) is 0. The van der Waals surface area contributed by atoms with Crippen LogP contribution in [0.25, 0.3) is 0 Å². The third kappa shape index (κ3) is 18.7. The van der Waals surface area contributed by atoms with Gasteiger partial charge >= 0.3 is 39.9 Å². The van der Waals surface area contributed by atoms with Gasteiger partial charge in [-0.3, -0.25) is 29.2 Å². The van der Waals surface area contributed by atoms with E-state index in [0.29, 0.717) is 6.54 Å². The number of unbranched alkanes of at least 4 members (excludes halogenated alkanes) is 3. The number of terminal acetylenes is 1. The molecule has 0 aliphatic carbocycles. The van der Waals surface area contributed by atoms with Gasteiger partial charge in [0.2, 0.25) is 11.8 Å². The van der Waals surface area contributed by atoms with Crippen LogP contribution < -0.4 is 26.0 Å². The predicted molar refractivity (Wildman–Crippen MR) is 168 cm³/mol. The first kappa shape index (κ1) is 43.3. The van der Waals surface area contributed by atoms with Gasteiger partial charge in [-0.15, -0.1) is 6.42 Å². The van der Waals surface area contributed by atoms with Gasteiger partial charge < -0.3 is 40.3 Å². The van der Waals surface area contributed by atoms with Crippen molar-refractivity contribution >= 4 is 29.7 Å². The maximum Gasteiger partial charge on any atom is 3.00 e. The minimum Gasteiger partial charge on any atom is -0.549 e. The molecule has 265 valence electrons. The molecule has 1 heterocycles. The molecule has 0 bridgehead atoms. The molecule has 2 N–H and O–H groups in total. The number of hydrogen-bond donors (Lipinski definition) is 2. The molecule has 1 aliphatic heterocycles. The van der Waals surface area contributed by atoms with Crippen LogP contribution in [0.4, 0.5) is 0 Å². The smallest absolute Gasteiger partial charge is 0.549 e. The van der Waals surface area contributed by atoms with Gasteiger partial charge in [-0.25, -0.2) is 0 Å². The number of carbonyl (C=O) groups is 5. The van der Waals surface area contributed by atoms with Crippen LogP contribution in [0.3, 0.4) is 0 Å². The second-order valence-corrected chi connectivity index (χ2v) is 11.7. The summed E-state index contributed by atoms with van der Waals surface area (Å²) in [5.41, 5.74) is 2.10. The number of aliphatic carboxylic acids is 3. The molecule has 1 aromatic rings. The standard InChI is InChI=1S/C33H50N6O8.Gd/c1-3-27-9-11-28(12-10-27)8-6-4-5-7-13-34-29(40)22-35-33(47)26(2)39-20-18-37(24-31(43)44)16-14-36(23-30(41)42)15-17-38(19-21-39)25-32(45)46;/h1,9-12,26H,4-8,13-25H2,2H3,(H,34,40)(H,35,47)(H,41,42)(H,43,44)(H,45,46);/q;+3/p-3. The van der Waals surface area contributed by atoms with E-state index < -0.39 is 29.9 Å². The Kier molecular flexibility index (Phi) is 22.0. The number of carboxylic acids is 3. The van der Waals surface area contributed by atoms with Crippen LogP contribution in [0.1, 0.15) is 43.7 Å². The van der Waals surface area contributed by atoms with Crippen molar-refractivity contribution in [3.63, 3.8) is 0 Å². The summed E-state index contributed by atoms with van der Waals surface area (Å²) in [4.78, 5) is 65.9. The Morgan fingerprint density at radius 2 is 1.19 bits per heavy atom. The zero-order valence-electron chi connectivity index (χ0n) is 27.6. The van der Waals surface area contributed by atoms with Gasteiger partial charge in [0.15, 0.2) is 0 Å². The van der Waals surface area contributed by atoms with Gasteiger partial charge in [-0.05, 0) is 43.9 Å². The van der Waals surface area contributed by atoms with E-state index in [0.717, 1.165) is 37.7 Å². The van der Waals surface area contributed by atoms with E-state index in [4.69, 9.17) is 6.42 Å². The van der Waals surface area contributed by atoms with Crippen LogP contribution in [0.15, 0.2) is 24.3 Å². The number of hydrogen-bond acceptors (Lipinski definition) is 12. The van der Waals surface area contributed by atoms with E-state index in [9.17, 15) is 39.3 Å². The van der Waals surface area contributed by atoms with E-state index >= 15 is 0 Å². The number of nitrogens with zero attached hydrogens (tertiary/aromatic N) is 4. The molecule has 1 aliphatic rings. The van der Waals surface area contributed by atoms with Gasteiger partial charge in [0.1, 0.15) is 0 Å².